The Morgan fingerprint density at radius 2 is 1.90 bits per heavy atom. The Kier molecular flexibility index (Phi) is 4.56. The van der Waals surface area contributed by atoms with E-state index in [1.807, 2.05) is 0 Å². The average molecular weight is 301 g/mol. The molecule has 0 fully saturated rings. The molecule has 0 bridgehead atoms. The summed E-state index contributed by atoms with van der Waals surface area (Å²) in [4.78, 5) is 3.89. The van der Waals surface area contributed by atoms with Crippen molar-refractivity contribution in [1.29, 1.82) is 0 Å². The molecule has 0 radical (unpaired) electrons. The Hall–Kier alpha value is -2.38. The lowest BCUT2D eigenvalue weighted by molar-refractivity contribution is -0.148. The lowest BCUT2D eigenvalue weighted by atomic mass is 10.2. The Morgan fingerprint density at radius 3 is 2.48 bits per heavy atom. The largest absolute Gasteiger partial charge is 0.487 e. The summed E-state index contributed by atoms with van der Waals surface area (Å²) >= 11 is 0. The van der Waals surface area contributed by atoms with Gasteiger partial charge in [0.2, 0.25) is 0 Å². The van der Waals surface area contributed by atoms with Crippen molar-refractivity contribution in [2.75, 3.05) is 6.61 Å². The van der Waals surface area contributed by atoms with Crippen LogP contribution in [-0.2, 0) is 0 Å². The van der Waals surface area contributed by atoms with Crippen LogP contribution in [0.2, 0.25) is 0 Å². The van der Waals surface area contributed by atoms with Crippen LogP contribution in [0.3, 0.4) is 0 Å². The highest BCUT2D eigenvalue weighted by molar-refractivity contribution is 5.66. The molecule has 8 heteroatoms. The second kappa shape index (κ2) is 6.38. The van der Waals surface area contributed by atoms with Crippen molar-refractivity contribution in [2.24, 2.45) is 0 Å². The van der Waals surface area contributed by atoms with Gasteiger partial charge in [0.15, 0.2) is 6.61 Å². The maximum Gasteiger partial charge on any atom is 0.340 e. The zero-order valence-electron chi connectivity index (χ0n) is 10.6. The third kappa shape index (κ3) is 4.30. The molecule has 1 aromatic heterocycles. The molecule has 112 valence electrons. The summed E-state index contributed by atoms with van der Waals surface area (Å²) in [6, 6.07) is 6.04. The lowest BCUT2D eigenvalue weighted by Crippen LogP contribution is -2.33. The van der Waals surface area contributed by atoms with Crippen LogP contribution in [0.1, 0.15) is 11.4 Å². The summed E-state index contributed by atoms with van der Waals surface area (Å²) in [5.74, 6) is -3.51. The summed E-state index contributed by atoms with van der Waals surface area (Å²) < 4.78 is 54.0. The highest BCUT2D eigenvalue weighted by Crippen LogP contribution is 2.24. The molecule has 2 rings (SSSR count). The number of alkyl halides is 4. The summed E-state index contributed by atoms with van der Waals surface area (Å²) in [5, 5.41) is 6.31. The number of nitrogens with one attached hydrogen (secondary N) is 1. The van der Waals surface area contributed by atoms with Crippen LogP contribution in [0.25, 0.3) is 12.2 Å². The standard InChI is InChI=1S/C13H11F4N3O/c14-12(15)13(16,17)7-21-10-4-1-9(2-5-10)3-6-11-18-8-19-20-11/h1-6,8,12H,7H2,(H,18,19,20)/b6-3+. The summed E-state index contributed by atoms with van der Waals surface area (Å²) in [6.07, 6.45) is 1.01. The van der Waals surface area contributed by atoms with Gasteiger partial charge < -0.3 is 4.74 Å². The molecule has 0 amide bonds. The van der Waals surface area contributed by atoms with Gasteiger partial charge in [-0.1, -0.05) is 18.2 Å². The van der Waals surface area contributed by atoms with Crippen molar-refractivity contribution in [1.82, 2.24) is 15.2 Å². The van der Waals surface area contributed by atoms with Gasteiger partial charge in [-0.25, -0.2) is 13.8 Å². The van der Waals surface area contributed by atoms with E-state index in [1.165, 1.54) is 18.5 Å². The second-order valence-electron chi connectivity index (χ2n) is 4.12. The molecule has 1 aromatic carbocycles. The van der Waals surface area contributed by atoms with Crippen molar-refractivity contribution < 1.29 is 22.3 Å². The van der Waals surface area contributed by atoms with Crippen LogP contribution in [0.5, 0.6) is 5.75 Å². The average Bonchev–Trinajstić information content (AvgIpc) is 2.97. The van der Waals surface area contributed by atoms with E-state index in [9.17, 15) is 17.6 Å². The summed E-state index contributed by atoms with van der Waals surface area (Å²) in [5.41, 5.74) is 0.763. The van der Waals surface area contributed by atoms with Gasteiger partial charge in [0.05, 0.1) is 0 Å². The molecule has 0 aliphatic heterocycles. The van der Waals surface area contributed by atoms with Crippen molar-refractivity contribution in [3.8, 4) is 5.75 Å². The number of rotatable bonds is 6. The number of ether oxygens (including phenoxy) is 1. The van der Waals surface area contributed by atoms with Gasteiger partial charge in [0.25, 0.3) is 0 Å². The molecule has 0 atom stereocenters. The Labute approximate surface area is 117 Å². The molecule has 0 aliphatic rings. The second-order valence-corrected chi connectivity index (χ2v) is 4.12. The van der Waals surface area contributed by atoms with E-state index in [1.54, 1.807) is 24.3 Å². The Balaban J connectivity index is 1.93. The van der Waals surface area contributed by atoms with Crippen molar-refractivity contribution in [3.05, 3.63) is 42.0 Å². The minimum Gasteiger partial charge on any atom is -0.487 e. The minimum atomic E-state index is -4.16. The van der Waals surface area contributed by atoms with E-state index in [0.29, 0.717) is 5.82 Å². The minimum absolute atomic E-state index is 0.0899. The highest BCUT2D eigenvalue weighted by atomic mass is 19.3. The third-order valence-corrected chi connectivity index (χ3v) is 2.50. The molecular formula is C13H11F4N3O. The smallest absolute Gasteiger partial charge is 0.340 e. The fourth-order valence-electron chi connectivity index (χ4n) is 1.39. The van der Waals surface area contributed by atoms with E-state index >= 15 is 0 Å². The van der Waals surface area contributed by atoms with Crippen molar-refractivity contribution >= 4 is 12.2 Å². The number of aromatic amines is 1. The maximum absolute atomic E-state index is 12.7. The number of benzene rings is 1. The molecule has 0 unspecified atom stereocenters. The number of hydrogen-bond donors (Lipinski definition) is 1. The van der Waals surface area contributed by atoms with Gasteiger partial charge in [0.1, 0.15) is 17.9 Å². The first-order valence-electron chi connectivity index (χ1n) is 5.90. The first-order chi connectivity index (χ1) is 9.97. The van der Waals surface area contributed by atoms with E-state index in [4.69, 9.17) is 0 Å². The maximum atomic E-state index is 12.7. The van der Waals surface area contributed by atoms with Gasteiger partial charge in [-0.3, -0.25) is 5.10 Å². The molecule has 1 heterocycles. The van der Waals surface area contributed by atoms with Crippen LogP contribution in [0.15, 0.2) is 30.6 Å². The van der Waals surface area contributed by atoms with Crippen molar-refractivity contribution in [3.63, 3.8) is 0 Å². The zero-order chi connectivity index (χ0) is 15.3. The number of nitrogens with zero attached hydrogens (tertiary/aromatic N) is 2. The molecule has 21 heavy (non-hydrogen) atoms. The SMILES string of the molecule is FC(F)C(F)(F)COc1ccc(/C=C/c2ncn[nH]2)cc1. The quantitative estimate of drug-likeness (QED) is 0.833. The van der Waals surface area contributed by atoms with Gasteiger partial charge >= 0.3 is 12.3 Å². The fourth-order valence-corrected chi connectivity index (χ4v) is 1.39. The molecule has 1 N–H and O–H groups in total. The monoisotopic (exact) mass is 301 g/mol. The van der Waals surface area contributed by atoms with Crippen molar-refractivity contribution in [2.45, 2.75) is 12.3 Å². The predicted octanol–water partition coefficient (Wildman–Crippen LogP) is 3.25. The normalized spacial score (nSPS) is 12.2. The third-order valence-electron chi connectivity index (χ3n) is 2.50. The first kappa shape index (κ1) is 15.0. The summed E-state index contributed by atoms with van der Waals surface area (Å²) in [6.45, 7) is -1.36. The molecular weight excluding hydrogens is 290 g/mol. The number of aromatic nitrogens is 3. The Bertz CT molecular complexity index is 582. The topological polar surface area (TPSA) is 50.8 Å². The zero-order valence-corrected chi connectivity index (χ0v) is 10.6. The van der Waals surface area contributed by atoms with E-state index in [0.717, 1.165) is 5.56 Å². The fraction of sp³-hybridized carbons (Fsp3) is 0.231. The first-order valence-corrected chi connectivity index (χ1v) is 5.90. The van der Waals surface area contributed by atoms with Crippen LogP contribution < -0.4 is 4.74 Å². The Morgan fingerprint density at radius 1 is 1.19 bits per heavy atom. The predicted molar refractivity (Wildman–Crippen MR) is 68.2 cm³/mol. The van der Waals surface area contributed by atoms with E-state index in [-0.39, 0.29) is 5.75 Å². The number of halogens is 4. The summed E-state index contributed by atoms with van der Waals surface area (Å²) in [7, 11) is 0. The number of hydrogen-bond acceptors (Lipinski definition) is 3. The lowest BCUT2D eigenvalue weighted by Gasteiger charge is -2.15. The van der Waals surface area contributed by atoms with Crippen LogP contribution in [0, 0.1) is 0 Å². The highest BCUT2D eigenvalue weighted by Gasteiger charge is 2.41. The molecule has 0 saturated carbocycles. The number of H-pyrrole nitrogens is 1. The van der Waals surface area contributed by atoms with E-state index in [2.05, 4.69) is 19.9 Å². The van der Waals surface area contributed by atoms with E-state index < -0.39 is 19.0 Å². The molecule has 2 aromatic rings. The van der Waals surface area contributed by atoms with Gasteiger partial charge in [-0.2, -0.15) is 13.9 Å². The molecule has 0 spiro atoms. The molecule has 4 nitrogen and oxygen atoms in total. The van der Waals surface area contributed by atoms with Crippen LogP contribution >= 0.6 is 0 Å². The molecule has 0 saturated heterocycles. The molecule has 0 aliphatic carbocycles. The van der Waals surface area contributed by atoms with Crippen LogP contribution in [0.4, 0.5) is 17.6 Å². The van der Waals surface area contributed by atoms with Crippen LogP contribution in [-0.4, -0.2) is 34.1 Å². The van der Waals surface area contributed by atoms with Gasteiger partial charge in [-0.15, -0.1) is 0 Å². The van der Waals surface area contributed by atoms with Gasteiger partial charge in [0, 0.05) is 0 Å². The van der Waals surface area contributed by atoms with Gasteiger partial charge in [-0.05, 0) is 23.8 Å².